The van der Waals surface area contributed by atoms with Gasteiger partial charge in [0.2, 0.25) is 0 Å². The molecule has 0 amide bonds. The molecule has 2 nitrogen and oxygen atoms in total. The van der Waals surface area contributed by atoms with Crippen molar-refractivity contribution in [1.29, 1.82) is 0 Å². The van der Waals surface area contributed by atoms with E-state index in [2.05, 4.69) is 0 Å². The summed E-state index contributed by atoms with van der Waals surface area (Å²) >= 11 is 0. The zero-order valence-electron chi connectivity index (χ0n) is 7.36. The Bertz CT molecular complexity index is 210. The number of benzene rings is 1. The summed E-state index contributed by atoms with van der Waals surface area (Å²) in [6, 6.07) is 10.0. The van der Waals surface area contributed by atoms with Crippen molar-refractivity contribution in [3.8, 4) is 0 Å². The van der Waals surface area contributed by atoms with Crippen LogP contribution in [0.25, 0.3) is 0 Å². The second kappa shape index (κ2) is 4.91. The van der Waals surface area contributed by atoms with Crippen molar-refractivity contribution in [1.82, 2.24) is 0 Å². The minimum absolute atomic E-state index is 0.134. The third-order valence-electron chi connectivity index (χ3n) is 1.71. The summed E-state index contributed by atoms with van der Waals surface area (Å²) in [6.45, 7) is 2.62. The Balaban J connectivity index is 2.33. The Morgan fingerprint density at radius 1 is 1.33 bits per heavy atom. The molecule has 1 aromatic carbocycles. The summed E-state index contributed by atoms with van der Waals surface area (Å²) in [6.07, 6.45) is 0.720. The second-order valence-corrected chi connectivity index (χ2v) is 2.74. The quantitative estimate of drug-likeness (QED) is 0.691. The van der Waals surface area contributed by atoms with Crippen molar-refractivity contribution in [2.24, 2.45) is 5.73 Å². The van der Waals surface area contributed by atoms with Gasteiger partial charge in [0.1, 0.15) is 6.23 Å². The lowest BCUT2D eigenvalue weighted by atomic mass is 10.2. The Labute approximate surface area is 73.3 Å². The molecule has 0 radical (unpaired) electrons. The van der Waals surface area contributed by atoms with Gasteiger partial charge < -0.3 is 10.5 Å². The molecule has 66 valence electrons. The lowest BCUT2D eigenvalue weighted by molar-refractivity contribution is 0.0426. The van der Waals surface area contributed by atoms with E-state index in [1.807, 2.05) is 37.3 Å². The Morgan fingerprint density at radius 3 is 2.58 bits per heavy atom. The molecule has 0 fully saturated rings. The first-order chi connectivity index (χ1) is 5.83. The van der Waals surface area contributed by atoms with Crippen molar-refractivity contribution < 1.29 is 4.74 Å². The van der Waals surface area contributed by atoms with Crippen LogP contribution < -0.4 is 5.73 Å². The largest absolute Gasteiger partial charge is 0.359 e. The molecule has 0 saturated heterocycles. The minimum atomic E-state index is -0.134. The Hall–Kier alpha value is -0.860. The molecule has 0 unspecified atom stereocenters. The number of nitrogens with two attached hydrogens (primary N) is 1. The molecule has 0 aromatic heterocycles. The van der Waals surface area contributed by atoms with E-state index in [0.29, 0.717) is 6.61 Å². The van der Waals surface area contributed by atoms with Gasteiger partial charge in [-0.1, -0.05) is 37.3 Å². The van der Waals surface area contributed by atoms with Gasteiger partial charge in [-0.2, -0.15) is 0 Å². The molecule has 0 spiro atoms. The molecule has 0 aliphatic heterocycles. The lowest BCUT2D eigenvalue weighted by Crippen LogP contribution is -2.22. The molecule has 0 bridgehead atoms. The van der Waals surface area contributed by atoms with Crippen LogP contribution >= 0.6 is 0 Å². The van der Waals surface area contributed by atoms with Gasteiger partial charge in [0.15, 0.2) is 0 Å². The van der Waals surface area contributed by atoms with Crippen molar-refractivity contribution in [3.05, 3.63) is 35.9 Å². The minimum Gasteiger partial charge on any atom is -0.359 e. The molecule has 1 atom stereocenters. The molecule has 2 N–H and O–H groups in total. The SMILES string of the molecule is CC[C@@H](N)OCc1ccccc1. The summed E-state index contributed by atoms with van der Waals surface area (Å²) < 4.78 is 5.35. The van der Waals surface area contributed by atoms with E-state index in [9.17, 15) is 0 Å². The fourth-order valence-electron chi connectivity index (χ4n) is 0.895. The summed E-state index contributed by atoms with van der Waals surface area (Å²) in [5, 5.41) is 0. The van der Waals surface area contributed by atoms with Gasteiger partial charge in [-0.05, 0) is 12.0 Å². The zero-order valence-corrected chi connectivity index (χ0v) is 7.36. The average Bonchev–Trinajstić information content (AvgIpc) is 2.16. The van der Waals surface area contributed by atoms with Gasteiger partial charge in [-0.25, -0.2) is 0 Å². The average molecular weight is 165 g/mol. The highest BCUT2D eigenvalue weighted by Crippen LogP contribution is 2.02. The normalized spacial score (nSPS) is 12.8. The molecule has 1 aromatic rings. The number of hydrogen-bond donors (Lipinski definition) is 1. The maximum Gasteiger partial charge on any atom is 0.105 e. The van der Waals surface area contributed by atoms with Crippen LogP contribution in [-0.4, -0.2) is 6.23 Å². The lowest BCUT2D eigenvalue weighted by Gasteiger charge is -2.09. The van der Waals surface area contributed by atoms with E-state index in [4.69, 9.17) is 10.5 Å². The molecule has 0 aliphatic carbocycles. The maximum absolute atomic E-state index is 5.60. The van der Waals surface area contributed by atoms with Crippen LogP contribution in [0.3, 0.4) is 0 Å². The van der Waals surface area contributed by atoms with Crippen LogP contribution in [0.1, 0.15) is 18.9 Å². The molecular formula is C10H15NO. The highest BCUT2D eigenvalue weighted by molar-refractivity contribution is 5.13. The highest BCUT2D eigenvalue weighted by Gasteiger charge is 1.97. The Kier molecular flexibility index (Phi) is 3.77. The Morgan fingerprint density at radius 2 is 2.00 bits per heavy atom. The van der Waals surface area contributed by atoms with Crippen molar-refractivity contribution in [2.75, 3.05) is 0 Å². The maximum atomic E-state index is 5.60. The summed E-state index contributed by atoms with van der Waals surface area (Å²) in [5.41, 5.74) is 6.77. The van der Waals surface area contributed by atoms with E-state index in [-0.39, 0.29) is 6.23 Å². The molecule has 0 heterocycles. The number of hydrogen-bond acceptors (Lipinski definition) is 2. The van der Waals surface area contributed by atoms with Crippen LogP contribution in [0.15, 0.2) is 30.3 Å². The summed E-state index contributed by atoms with van der Waals surface area (Å²) in [7, 11) is 0. The molecule has 1 rings (SSSR count). The zero-order chi connectivity index (χ0) is 8.81. The van der Waals surface area contributed by atoms with Crippen LogP contribution in [0.4, 0.5) is 0 Å². The molecule has 2 heteroatoms. The summed E-state index contributed by atoms with van der Waals surface area (Å²) in [5.74, 6) is 0. The molecule has 0 saturated carbocycles. The fourth-order valence-corrected chi connectivity index (χ4v) is 0.895. The van der Waals surface area contributed by atoms with Crippen molar-refractivity contribution in [3.63, 3.8) is 0 Å². The van der Waals surface area contributed by atoms with Crippen LogP contribution in [0.2, 0.25) is 0 Å². The monoisotopic (exact) mass is 165 g/mol. The smallest absolute Gasteiger partial charge is 0.105 e. The van der Waals surface area contributed by atoms with E-state index in [1.165, 1.54) is 5.56 Å². The number of rotatable bonds is 4. The third-order valence-corrected chi connectivity index (χ3v) is 1.71. The molecule has 0 aliphatic rings. The second-order valence-electron chi connectivity index (χ2n) is 2.74. The van der Waals surface area contributed by atoms with E-state index in [0.717, 1.165) is 6.42 Å². The fraction of sp³-hybridized carbons (Fsp3) is 0.400. The molecular weight excluding hydrogens is 150 g/mol. The standard InChI is InChI=1S/C10H15NO/c1-2-10(11)12-8-9-6-4-3-5-7-9/h3-7,10H,2,8,11H2,1H3/t10-/m0/s1. The third kappa shape index (κ3) is 3.03. The molecule has 12 heavy (non-hydrogen) atoms. The van der Waals surface area contributed by atoms with Gasteiger partial charge >= 0.3 is 0 Å². The van der Waals surface area contributed by atoms with Gasteiger partial charge in [0.05, 0.1) is 6.61 Å². The van der Waals surface area contributed by atoms with Crippen molar-refractivity contribution >= 4 is 0 Å². The van der Waals surface area contributed by atoms with Gasteiger partial charge in [-0.15, -0.1) is 0 Å². The first-order valence-corrected chi connectivity index (χ1v) is 4.24. The first kappa shape index (κ1) is 9.23. The first-order valence-electron chi connectivity index (χ1n) is 4.24. The van der Waals surface area contributed by atoms with Gasteiger partial charge in [0, 0.05) is 0 Å². The van der Waals surface area contributed by atoms with Gasteiger partial charge in [0.25, 0.3) is 0 Å². The van der Waals surface area contributed by atoms with E-state index < -0.39 is 0 Å². The van der Waals surface area contributed by atoms with Crippen LogP contribution in [0.5, 0.6) is 0 Å². The number of ether oxygens (including phenoxy) is 1. The van der Waals surface area contributed by atoms with E-state index >= 15 is 0 Å². The van der Waals surface area contributed by atoms with Crippen LogP contribution in [0, 0.1) is 0 Å². The summed E-state index contributed by atoms with van der Waals surface area (Å²) in [4.78, 5) is 0. The van der Waals surface area contributed by atoms with Crippen molar-refractivity contribution in [2.45, 2.75) is 26.2 Å². The van der Waals surface area contributed by atoms with E-state index in [1.54, 1.807) is 0 Å². The predicted molar refractivity (Wildman–Crippen MR) is 49.5 cm³/mol. The van der Waals surface area contributed by atoms with Crippen LogP contribution in [-0.2, 0) is 11.3 Å². The highest BCUT2D eigenvalue weighted by atomic mass is 16.5. The van der Waals surface area contributed by atoms with Gasteiger partial charge in [-0.3, -0.25) is 0 Å². The topological polar surface area (TPSA) is 35.2 Å². The predicted octanol–water partition coefficient (Wildman–Crippen LogP) is 1.90.